The smallest absolute Gasteiger partial charge is 0.275 e. The molecule has 11 heteroatoms. The van der Waals surface area contributed by atoms with Crippen LogP contribution in [0, 0.1) is 0 Å². The topological polar surface area (TPSA) is 138 Å². The number of fused-ring (bicyclic) bond motifs is 1. The van der Waals surface area contributed by atoms with Gasteiger partial charge in [0.15, 0.2) is 11.5 Å². The Morgan fingerprint density at radius 2 is 1.64 bits per heavy atom. The number of hydrogen-bond acceptors (Lipinski definition) is 9. The quantitative estimate of drug-likeness (QED) is 0.205. The third-order valence-electron chi connectivity index (χ3n) is 7.16. The zero-order chi connectivity index (χ0) is 29.5. The van der Waals surface area contributed by atoms with Crippen LogP contribution in [0.4, 0.5) is 17.1 Å². The molecule has 0 aliphatic carbocycles. The van der Waals surface area contributed by atoms with Gasteiger partial charge in [0, 0.05) is 37.7 Å². The van der Waals surface area contributed by atoms with Gasteiger partial charge in [-0.2, -0.15) is 0 Å². The molecule has 0 saturated carbocycles. The van der Waals surface area contributed by atoms with Gasteiger partial charge in [0.2, 0.25) is 0 Å². The highest BCUT2D eigenvalue weighted by molar-refractivity contribution is 6.12. The Morgan fingerprint density at radius 3 is 2.33 bits per heavy atom. The van der Waals surface area contributed by atoms with Gasteiger partial charge in [-0.25, -0.2) is 4.98 Å². The van der Waals surface area contributed by atoms with Crippen LogP contribution in [0.5, 0.6) is 11.5 Å². The average Bonchev–Trinajstić information content (AvgIpc) is 3.03. The Bertz CT molecular complexity index is 1560. The van der Waals surface area contributed by atoms with E-state index in [2.05, 4.69) is 37.6 Å². The molecule has 0 atom stereocenters. The van der Waals surface area contributed by atoms with Crippen molar-refractivity contribution in [2.45, 2.75) is 19.4 Å². The van der Waals surface area contributed by atoms with E-state index in [4.69, 9.17) is 9.47 Å². The molecule has 2 heterocycles. The number of anilines is 3. The van der Waals surface area contributed by atoms with Crippen molar-refractivity contribution >= 4 is 28.9 Å². The van der Waals surface area contributed by atoms with Crippen molar-refractivity contribution in [2.24, 2.45) is 0 Å². The minimum Gasteiger partial charge on any atom is -0.493 e. The van der Waals surface area contributed by atoms with Crippen molar-refractivity contribution in [3.05, 3.63) is 101 Å². The molecule has 0 bridgehead atoms. The predicted octanol–water partition coefficient (Wildman–Crippen LogP) is 4.40. The fourth-order valence-corrected chi connectivity index (χ4v) is 4.89. The van der Waals surface area contributed by atoms with Crippen LogP contribution in [0.3, 0.4) is 0 Å². The minimum atomic E-state index is -0.535. The van der Waals surface area contributed by atoms with E-state index in [1.54, 1.807) is 14.2 Å². The minimum absolute atomic E-state index is 0.0931. The molecule has 0 unspecified atom stereocenters. The summed E-state index contributed by atoms with van der Waals surface area (Å²) in [7, 11) is 3.31. The van der Waals surface area contributed by atoms with Crippen molar-refractivity contribution in [3.63, 3.8) is 0 Å². The summed E-state index contributed by atoms with van der Waals surface area (Å²) >= 11 is 0. The first-order valence-corrected chi connectivity index (χ1v) is 13.5. The lowest BCUT2D eigenvalue weighted by molar-refractivity contribution is 0.102. The Balaban J connectivity index is 1.20. The number of hydrogen-bond donors (Lipinski definition) is 4. The van der Waals surface area contributed by atoms with Gasteiger partial charge in [0.05, 0.1) is 37.4 Å². The third-order valence-corrected chi connectivity index (χ3v) is 7.16. The Morgan fingerprint density at radius 1 is 0.905 bits per heavy atom. The molecule has 1 aliphatic heterocycles. The lowest BCUT2D eigenvalue weighted by atomic mass is 9.98. The molecule has 5 rings (SSSR count). The van der Waals surface area contributed by atoms with Gasteiger partial charge in [-0.1, -0.05) is 12.1 Å². The summed E-state index contributed by atoms with van der Waals surface area (Å²) in [5.74, 6) is 0.559. The van der Waals surface area contributed by atoms with Crippen LogP contribution in [0.25, 0.3) is 0 Å². The second kappa shape index (κ2) is 13.1. The summed E-state index contributed by atoms with van der Waals surface area (Å²) in [5.41, 5.74) is 7.17. The monoisotopic (exact) mass is 568 g/mol. The molecule has 4 N–H and O–H groups in total. The first kappa shape index (κ1) is 28.5. The number of carbonyl (C=O) groups is 2. The third kappa shape index (κ3) is 6.65. The van der Waals surface area contributed by atoms with Crippen LogP contribution >= 0.6 is 0 Å². The number of ether oxygens (including phenoxy) is 2. The van der Waals surface area contributed by atoms with E-state index < -0.39 is 11.8 Å². The zero-order valence-corrected chi connectivity index (χ0v) is 23.4. The molecule has 11 nitrogen and oxygen atoms in total. The summed E-state index contributed by atoms with van der Waals surface area (Å²) < 4.78 is 10.9. The number of benzene rings is 3. The number of nitrogens with one attached hydrogen (secondary N) is 3. The molecule has 0 saturated heterocycles. The molecule has 1 aromatic heterocycles. The van der Waals surface area contributed by atoms with E-state index in [1.807, 2.05) is 29.7 Å². The highest BCUT2D eigenvalue weighted by Gasteiger charge is 2.20. The maximum atomic E-state index is 13.2. The molecule has 3 aromatic carbocycles. The number of nitrogens with zero attached hydrogens (tertiary/aromatic N) is 3. The van der Waals surface area contributed by atoms with Gasteiger partial charge >= 0.3 is 0 Å². The summed E-state index contributed by atoms with van der Waals surface area (Å²) in [6.45, 7) is 2.72. The van der Waals surface area contributed by atoms with Gasteiger partial charge in [-0.05, 0) is 72.0 Å². The Kier molecular flexibility index (Phi) is 8.90. The van der Waals surface area contributed by atoms with Crippen molar-refractivity contribution < 1.29 is 24.3 Å². The summed E-state index contributed by atoms with van der Waals surface area (Å²) in [5, 5.41) is 14.9. The maximum absolute atomic E-state index is 13.2. The van der Waals surface area contributed by atoms with Crippen LogP contribution < -0.4 is 25.6 Å². The molecular weight excluding hydrogens is 536 g/mol. The van der Waals surface area contributed by atoms with Gasteiger partial charge in [-0.15, -0.1) is 0 Å². The molecule has 0 spiro atoms. The average molecular weight is 569 g/mol. The molecule has 42 heavy (non-hydrogen) atoms. The van der Waals surface area contributed by atoms with Crippen LogP contribution in [0.2, 0.25) is 0 Å². The molecule has 2 amide bonds. The number of methoxy groups -OCH3 is 2. The molecule has 216 valence electrons. The zero-order valence-electron chi connectivity index (χ0n) is 23.4. The SMILES string of the molecule is COc1cc2c(cc1OC)CN(CCc1ccc(NC(=O)c3ccc(NO)cc3NC(=O)c3cnccn3)cc1)CC2. The van der Waals surface area contributed by atoms with Crippen LogP contribution in [-0.2, 0) is 19.4 Å². The van der Waals surface area contributed by atoms with Crippen molar-refractivity contribution in [3.8, 4) is 11.5 Å². The molecule has 0 radical (unpaired) electrons. The summed E-state index contributed by atoms with van der Waals surface area (Å²) in [4.78, 5) is 36.1. The van der Waals surface area contributed by atoms with Crippen molar-refractivity contribution in [1.82, 2.24) is 14.9 Å². The maximum Gasteiger partial charge on any atom is 0.275 e. The highest BCUT2D eigenvalue weighted by Crippen LogP contribution is 2.33. The van der Waals surface area contributed by atoms with Crippen LogP contribution in [0.1, 0.15) is 37.5 Å². The molecule has 0 fully saturated rings. The van der Waals surface area contributed by atoms with Crippen LogP contribution in [-0.4, -0.2) is 59.2 Å². The Hall–Kier alpha value is -5.00. The van der Waals surface area contributed by atoms with Gasteiger partial charge < -0.3 is 20.1 Å². The van der Waals surface area contributed by atoms with E-state index in [0.717, 1.165) is 49.5 Å². The van der Waals surface area contributed by atoms with Gasteiger partial charge in [0.1, 0.15) is 5.69 Å². The second-order valence-electron chi connectivity index (χ2n) is 9.82. The largest absolute Gasteiger partial charge is 0.493 e. The van der Waals surface area contributed by atoms with Crippen molar-refractivity contribution in [1.29, 1.82) is 0 Å². The molecule has 4 aromatic rings. The first-order chi connectivity index (χ1) is 20.5. The summed E-state index contributed by atoms with van der Waals surface area (Å²) in [6.07, 6.45) is 6.00. The van der Waals surface area contributed by atoms with Gasteiger partial charge in [-0.3, -0.25) is 30.2 Å². The molecule has 1 aliphatic rings. The second-order valence-corrected chi connectivity index (χ2v) is 9.82. The number of rotatable bonds is 10. The van der Waals surface area contributed by atoms with Crippen LogP contribution in [0.15, 0.2) is 73.2 Å². The van der Waals surface area contributed by atoms with E-state index in [9.17, 15) is 14.8 Å². The number of aromatic nitrogens is 2. The lowest BCUT2D eigenvalue weighted by Crippen LogP contribution is -2.32. The van der Waals surface area contributed by atoms with E-state index in [1.165, 1.54) is 47.9 Å². The predicted molar refractivity (Wildman–Crippen MR) is 158 cm³/mol. The van der Waals surface area contributed by atoms with Gasteiger partial charge in [0.25, 0.3) is 11.8 Å². The van der Waals surface area contributed by atoms with E-state index in [-0.39, 0.29) is 16.9 Å². The number of carbonyl (C=O) groups excluding carboxylic acids is 2. The Labute approximate surface area is 243 Å². The van der Waals surface area contributed by atoms with E-state index in [0.29, 0.717) is 11.4 Å². The summed E-state index contributed by atoms with van der Waals surface area (Å²) in [6, 6.07) is 16.3. The normalized spacial score (nSPS) is 12.6. The highest BCUT2D eigenvalue weighted by atomic mass is 16.5. The first-order valence-electron chi connectivity index (χ1n) is 13.5. The van der Waals surface area contributed by atoms with E-state index >= 15 is 0 Å². The van der Waals surface area contributed by atoms with Crippen molar-refractivity contribution in [2.75, 3.05) is 43.4 Å². The fraction of sp³-hybridized carbons (Fsp3) is 0.226. The fourth-order valence-electron chi connectivity index (χ4n) is 4.89. The number of amides is 2. The molecular formula is C31H32N6O5. The standard InChI is InChI=1S/C31H32N6O5/c1-41-28-15-21-10-14-37(19-22(21)16-29(28)42-2)13-9-20-3-5-23(6-4-20)34-30(38)25-8-7-24(36-40)17-26(25)35-31(39)27-18-32-11-12-33-27/h3-8,11-12,15-18,36,40H,9-10,13-14,19H2,1-2H3,(H,34,38)(H,35,39). The lowest BCUT2D eigenvalue weighted by Gasteiger charge is -2.29.